The third kappa shape index (κ3) is 4.46. The van der Waals surface area contributed by atoms with Gasteiger partial charge in [0.1, 0.15) is 5.75 Å². The summed E-state index contributed by atoms with van der Waals surface area (Å²) >= 11 is 1.58. The number of carbonyl (C=O) groups is 1. The number of thioether (sulfide) groups is 1. The molecule has 1 N–H and O–H groups in total. The lowest BCUT2D eigenvalue weighted by Gasteiger charge is -2.21. The van der Waals surface area contributed by atoms with E-state index in [1.165, 1.54) is 0 Å². The van der Waals surface area contributed by atoms with Gasteiger partial charge in [0, 0.05) is 28.8 Å². The van der Waals surface area contributed by atoms with E-state index >= 15 is 0 Å². The first-order chi connectivity index (χ1) is 8.78. The molecule has 1 aromatic carbocycles. The van der Waals surface area contributed by atoms with Gasteiger partial charge in [0.2, 0.25) is 0 Å². The number of methoxy groups -OCH3 is 1. The Morgan fingerprint density at radius 1 is 1.37 bits per heavy atom. The first-order valence-corrected chi connectivity index (χ1v) is 7.52. The number of ketones is 1. The highest BCUT2D eigenvalue weighted by Crippen LogP contribution is 2.34. The zero-order chi connectivity index (χ0) is 14.6. The van der Waals surface area contributed by atoms with Crippen molar-refractivity contribution in [2.24, 2.45) is 5.41 Å². The van der Waals surface area contributed by atoms with Gasteiger partial charge in [-0.15, -0.1) is 11.8 Å². The number of anilines is 1. The summed E-state index contributed by atoms with van der Waals surface area (Å²) in [5, 5.41) is 3.35. The number of benzene rings is 1. The van der Waals surface area contributed by atoms with Crippen LogP contribution in [0.4, 0.5) is 5.69 Å². The molecular formula is C15H23NO2S. The van der Waals surface area contributed by atoms with Gasteiger partial charge < -0.3 is 10.1 Å². The minimum Gasteiger partial charge on any atom is -0.496 e. The summed E-state index contributed by atoms with van der Waals surface area (Å²) in [6.45, 7) is 8.85. The van der Waals surface area contributed by atoms with Crippen molar-refractivity contribution >= 4 is 23.2 Å². The second-order valence-corrected chi connectivity index (χ2v) is 6.57. The van der Waals surface area contributed by atoms with E-state index in [2.05, 4.69) is 26.1 Å². The Labute approximate surface area is 120 Å². The van der Waals surface area contributed by atoms with Crippen LogP contribution in [0.2, 0.25) is 0 Å². The van der Waals surface area contributed by atoms with Crippen LogP contribution in [0.5, 0.6) is 5.75 Å². The Morgan fingerprint density at radius 2 is 2.00 bits per heavy atom. The minimum atomic E-state index is 0.0642. The van der Waals surface area contributed by atoms with Crippen LogP contribution in [0.1, 0.15) is 38.1 Å². The molecule has 0 saturated carbocycles. The Hall–Kier alpha value is -1.16. The van der Waals surface area contributed by atoms with E-state index in [-0.39, 0.29) is 11.2 Å². The molecule has 0 atom stereocenters. The third-order valence-corrected chi connectivity index (χ3v) is 3.47. The van der Waals surface area contributed by atoms with Gasteiger partial charge in [-0.2, -0.15) is 0 Å². The molecule has 4 heteroatoms. The largest absolute Gasteiger partial charge is 0.496 e. The second-order valence-electron chi connectivity index (χ2n) is 5.72. The van der Waals surface area contributed by atoms with E-state index in [4.69, 9.17) is 4.74 Å². The predicted octanol–water partition coefficient (Wildman–Crippen LogP) is 4.08. The van der Waals surface area contributed by atoms with Gasteiger partial charge in [-0.3, -0.25) is 4.79 Å². The van der Waals surface area contributed by atoms with Crippen molar-refractivity contribution in [1.82, 2.24) is 0 Å². The van der Waals surface area contributed by atoms with Crippen LogP contribution >= 0.6 is 11.8 Å². The van der Waals surface area contributed by atoms with Crippen LogP contribution < -0.4 is 10.1 Å². The summed E-state index contributed by atoms with van der Waals surface area (Å²) in [5.74, 6) is 0.864. The zero-order valence-electron chi connectivity index (χ0n) is 12.6. The Morgan fingerprint density at radius 3 is 2.42 bits per heavy atom. The highest BCUT2D eigenvalue weighted by atomic mass is 32.2. The topological polar surface area (TPSA) is 38.3 Å². The molecule has 0 spiro atoms. The number of hydrogen-bond acceptors (Lipinski definition) is 4. The Bertz CT molecular complexity index is 464. The smallest absolute Gasteiger partial charge is 0.161 e. The monoisotopic (exact) mass is 281 g/mol. The molecule has 0 bridgehead atoms. The van der Waals surface area contributed by atoms with Crippen molar-refractivity contribution in [1.29, 1.82) is 0 Å². The van der Waals surface area contributed by atoms with Crippen molar-refractivity contribution in [3.8, 4) is 5.75 Å². The molecule has 0 amide bonds. The molecule has 19 heavy (non-hydrogen) atoms. The van der Waals surface area contributed by atoms with Crippen molar-refractivity contribution < 1.29 is 9.53 Å². The van der Waals surface area contributed by atoms with Crippen molar-refractivity contribution in [3.05, 3.63) is 17.7 Å². The van der Waals surface area contributed by atoms with Crippen LogP contribution in [-0.2, 0) is 0 Å². The molecule has 0 aliphatic rings. The average Bonchev–Trinajstić information content (AvgIpc) is 2.33. The Balaban J connectivity index is 3.16. The molecule has 0 unspecified atom stereocenters. The van der Waals surface area contributed by atoms with Crippen molar-refractivity contribution in [3.63, 3.8) is 0 Å². The van der Waals surface area contributed by atoms with Crippen LogP contribution in [0.25, 0.3) is 0 Å². The van der Waals surface area contributed by atoms with Gasteiger partial charge in [0.15, 0.2) is 5.78 Å². The number of ether oxygens (including phenoxy) is 1. The molecule has 106 valence electrons. The quantitative estimate of drug-likeness (QED) is 0.652. The van der Waals surface area contributed by atoms with Gasteiger partial charge >= 0.3 is 0 Å². The highest BCUT2D eigenvalue weighted by molar-refractivity contribution is 7.98. The fraction of sp³-hybridized carbons (Fsp3) is 0.533. The van der Waals surface area contributed by atoms with Crippen molar-refractivity contribution in [2.75, 3.05) is 25.2 Å². The number of carbonyl (C=O) groups excluding carboxylic acids is 1. The van der Waals surface area contributed by atoms with Gasteiger partial charge in [0.05, 0.1) is 7.11 Å². The lowest BCUT2D eigenvalue weighted by Crippen LogP contribution is -2.20. The van der Waals surface area contributed by atoms with E-state index < -0.39 is 0 Å². The maximum Gasteiger partial charge on any atom is 0.161 e. The molecule has 0 aromatic heterocycles. The summed E-state index contributed by atoms with van der Waals surface area (Å²) in [6, 6.07) is 3.81. The SMILES string of the molecule is COc1cc(NCC(C)(C)C)c(C(C)=O)cc1SC. The van der Waals surface area contributed by atoms with E-state index in [1.807, 2.05) is 18.4 Å². The van der Waals surface area contributed by atoms with Crippen molar-refractivity contribution in [2.45, 2.75) is 32.6 Å². The molecule has 0 radical (unpaired) electrons. The van der Waals surface area contributed by atoms with E-state index in [0.29, 0.717) is 0 Å². The third-order valence-electron chi connectivity index (χ3n) is 2.71. The van der Waals surface area contributed by atoms with Gasteiger partial charge in [-0.25, -0.2) is 0 Å². The Kier molecular flexibility index (Phi) is 5.29. The number of nitrogens with one attached hydrogen (secondary N) is 1. The first-order valence-electron chi connectivity index (χ1n) is 6.29. The van der Waals surface area contributed by atoms with Crippen LogP contribution in [0.15, 0.2) is 17.0 Å². The van der Waals surface area contributed by atoms with E-state index in [1.54, 1.807) is 25.8 Å². The molecule has 1 aromatic rings. The fourth-order valence-electron chi connectivity index (χ4n) is 1.68. The lowest BCUT2D eigenvalue weighted by molar-refractivity contribution is 0.101. The molecule has 0 aliphatic carbocycles. The van der Waals surface area contributed by atoms with Crippen LogP contribution in [0.3, 0.4) is 0 Å². The van der Waals surface area contributed by atoms with Crippen LogP contribution in [0, 0.1) is 5.41 Å². The summed E-state index contributed by atoms with van der Waals surface area (Å²) in [5.41, 5.74) is 1.71. The number of Topliss-reactive ketones (excluding diaryl/α,β-unsaturated/α-hetero) is 1. The lowest BCUT2D eigenvalue weighted by atomic mass is 9.96. The number of rotatable bonds is 5. The van der Waals surface area contributed by atoms with Crippen LogP contribution in [-0.4, -0.2) is 25.7 Å². The predicted molar refractivity (Wildman–Crippen MR) is 82.7 cm³/mol. The molecule has 0 fully saturated rings. The standard InChI is InChI=1S/C15H23NO2S/c1-10(17)11-7-14(19-6)13(18-5)8-12(11)16-9-15(2,3)4/h7-8,16H,9H2,1-6H3. The van der Waals surface area contributed by atoms with E-state index in [0.717, 1.165) is 28.4 Å². The molecule has 0 saturated heterocycles. The highest BCUT2D eigenvalue weighted by Gasteiger charge is 2.16. The summed E-state index contributed by atoms with van der Waals surface area (Å²) < 4.78 is 5.37. The average molecular weight is 281 g/mol. The molecule has 3 nitrogen and oxygen atoms in total. The molecular weight excluding hydrogens is 258 g/mol. The number of hydrogen-bond donors (Lipinski definition) is 1. The minimum absolute atomic E-state index is 0.0642. The molecule has 1 rings (SSSR count). The second kappa shape index (κ2) is 6.33. The summed E-state index contributed by atoms with van der Waals surface area (Å²) in [6.07, 6.45) is 1.98. The molecule has 0 heterocycles. The molecule has 0 aliphatic heterocycles. The normalized spacial score (nSPS) is 11.3. The maximum atomic E-state index is 11.8. The summed E-state index contributed by atoms with van der Waals surface area (Å²) in [4.78, 5) is 12.7. The van der Waals surface area contributed by atoms with Gasteiger partial charge in [0.25, 0.3) is 0 Å². The summed E-state index contributed by atoms with van der Waals surface area (Å²) in [7, 11) is 1.65. The zero-order valence-corrected chi connectivity index (χ0v) is 13.4. The maximum absolute atomic E-state index is 11.8. The van der Waals surface area contributed by atoms with E-state index in [9.17, 15) is 4.79 Å². The van der Waals surface area contributed by atoms with Gasteiger partial charge in [-0.1, -0.05) is 20.8 Å². The fourth-order valence-corrected chi connectivity index (χ4v) is 2.26. The van der Waals surface area contributed by atoms with Gasteiger partial charge in [-0.05, 0) is 24.7 Å². The first kappa shape index (κ1) is 15.9.